The molecule has 2 atom stereocenters. The molecular formula is C14H27NO. The molecular weight excluding hydrogens is 198 g/mol. The van der Waals surface area contributed by atoms with Gasteiger partial charge >= 0.3 is 0 Å². The Morgan fingerprint density at radius 2 is 2.12 bits per heavy atom. The van der Waals surface area contributed by atoms with Crippen molar-refractivity contribution in [2.24, 2.45) is 5.41 Å². The van der Waals surface area contributed by atoms with E-state index in [1.54, 1.807) is 0 Å². The molecule has 2 rings (SSSR count). The molecule has 0 radical (unpaired) electrons. The van der Waals surface area contributed by atoms with Gasteiger partial charge in [-0.05, 0) is 50.5 Å². The molecule has 1 saturated heterocycles. The van der Waals surface area contributed by atoms with Crippen LogP contribution in [0.25, 0.3) is 0 Å². The summed E-state index contributed by atoms with van der Waals surface area (Å²) in [7, 11) is 0. The van der Waals surface area contributed by atoms with Crippen LogP contribution in [0.5, 0.6) is 0 Å². The second-order valence-electron chi connectivity index (χ2n) is 6.16. The van der Waals surface area contributed by atoms with Gasteiger partial charge in [-0.15, -0.1) is 0 Å². The van der Waals surface area contributed by atoms with Crippen molar-refractivity contribution in [3.63, 3.8) is 0 Å². The fourth-order valence-electron chi connectivity index (χ4n) is 3.18. The molecule has 94 valence electrons. The number of ether oxygens (including phenoxy) is 1. The smallest absolute Gasteiger partial charge is 0.0576 e. The van der Waals surface area contributed by atoms with Gasteiger partial charge in [-0.25, -0.2) is 0 Å². The number of rotatable bonds is 5. The molecule has 0 aromatic heterocycles. The lowest BCUT2D eigenvalue weighted by atomic mass is 9.87. The third-order valence-electron chi connectivity index (χ3n) is 4.37. The first kappa shape index (κ1) is 12.4. The summed E-state index contributed by atoms with van der Waals surface area (Å²) in [5.41, 5.74) is 0.518. The van der Waals surface area contributed by atoms with Gasteiger partial charge in [-0.3, -0.25) is 0 Å². The van der Waals surface area contributed by atoms with E-state index in [0.29, 0.717) is 11.5 Å². The van der Waals surface area contributed by atoms with E-state index in [-0.39, 0.29) is 0 Å². The lowest BCUT2D eigenvalue weighted by molar-refractivity contribution is 0.102. The fraction of sp³-hybridized carbons (Fsp3) is 1.00. The molecule has 0 aromatic carbocycles. The maximum Gasteiger partial charge on any atom is 0.0576 e. The van der Waals surface area contributed by atoms with Gasteiger partial charge in [-0.1, -0.05) is 20.3 Å². The average molecular weight is 225 g/mol. The summed E-state index contributed by atoms with van der Waals surface area (Å²) >= 11 is 0. The zero-order valence-corrected chi connectivity index (χ0v) is 10.9. The highest BCUT2D eigenvalue weighted by Crippen LogP contribution is 2.37. The Labute approximate surface area is 100 Å². The van der Waals surface area contributed by atoms with Crippen molar-refractivity contribution in [2.45, 2.75) is 70.9 Å². The SMILES string of the molecule is CC1(C)CCCC1NCCCC1CCCO1. The maximum absolute atomic E-state index is 5.64. The fourth-order valence-corrected chi connectivity index (χ4v) is 3.18. The van der Waals surface area contributed by atoms with E-state index in [4.69, 9.17) is 4.74 Å². The Hall–Kier alpha value is -0.0800. The van der Waals surface area contributed by atoms with Gasteiger partial charge in [0.1, 0.15) is 0 Å². The first-order valence-corrected chi connectivity index (χ1v) is 7.03. The Balaban J connectivity index is 1.57. The predicted molar refractivity (Wildman–Crippen MR) is 67.6 cm³/mol. The summed E-state index contributed by atoms with van der Waals surface area (Å²) in [5.74, 6) is 0. The summed E-state index contributed by atoms with van der Waals surface area (Å²) in [6.45, 7) is 6.97. The molecule has 1 aliphatic carbocycles. The second kappa shape index (κ2) is 5.50. The third kappa shape index (κ3) is 3.21. The molecule has 1 N–H and O–H groups in total. The molecule has 0 bridgehead atoms. The van der Waals surface area contributed by atoms with E-state index in [2.05, 4.69) is 19.2 Å². The van der Waals surface area contributed by atoms with Gasteiger partial charge in [0.15, 0.2) is 0 Å². The molecule has 16 heavy (non-hydrogen) atoms. The lowest BCUT2D eigenvalue weighted by Gasteiger charge is -2.28. The molecule has 2 heteroatoms. The Bertz CT molecular complexity index is 209. The van der Waals surface area contributed by atoms with Crippen molar-refractivity contribution < 1.29 is 4.74 Å². The summed E-state index contributed by atoms with van der Waals surface area (Å²) in [5, 5.41) is 3.74. The van der Waals surface area contributed by atoms with Crippen molar-refractivity contribution in [2.75, 3.05) is 13.2 Å². The zero-order valence-electron chi connectivity index (χ0n) is 10.9. The van der Waals surface area contributed by atoms with Crippen LogP contribution in [0, 0.1) is 5.41 Å². The van der Waals surface area contributed by atoms with Gasteiger partial charge in [0.25, 0.3) is 0 Å². The molecule has 1 aliphatic heterocycles. The first-order valence-electron chi connectivity index (χ1n) is 7.03. The molecule has 2 nitrogen and oxygen atoms in total. The molecule has 0 spiro atoms. The van der Waals surface area contributed by atoms with E-state index >= 15 is 0 Å². The summed E-state index contributed by atoms with van der Waals surface area (Å²) in [4.78, 5) is 0. The van der Waals surface area contributed by atoms with Crippen molar-refractivity contribution >= 4 is 0 Å². The quantitative estimate of drug-likeness (QED) is 0.726. The zero-order chi connectivity index (χ0) is 11.4. The van der Waals surface area contributed by atoms with Crippen LogP contribution in [0.2, 0.25) is 0 Å². The highest BCUT2D eigenvalue weighted by atomic mass is 16.5. The minimum absolute atomic E-state index is 0.518. The first-order chi connectivity index (χ1) is 7.68. The predicted octanol–water partition coefficient (Wildman–Crippen LogP) is 3.11. The Morgan fingerprint density at radius 3 is 2.75 bits per heavy atom. The molecule has 2 aliphatic rings. The van der Waals surface area contributed by atoms with Gasteiger partial charge in [-0.2, -0.15) is 0 Å². The normalized spacial score (nSPS) is 33.4. The molecule has 2 fully saturated rings. The third-order valence-corrected chi connectivity index (χ3v) is 4.37. The van der Waals surface area contributed by atoms with Crippen molar-refractivity contribution in [1.82, 2.24) is 5.32 Å². The van der Waals surface area contributed by atoms with Crippen molar-refractivity contribution in [1.29, 1.82) is 0 Å². The van der Waals surface area contributed by atoms with Crippen LogP contribution in [0.15, 0.2) is 0 Å². The number of hydrogen-bond acceptors (Lipinski definition) is 2. The summed E-state index contributed by atoms with van der Waals surface area (Å²) in [6, 6.07) is 0.747. The molecule has 0 amide bonds. The Morgan fingerprint density at radius 1 is 1.25 bits per heavy atom. The average Bonchev–Trinajstić information content (AvgIpc) is 2.83. The van der Waals surface area contributed by atoms with E-state index in [9.17, 15) is 0 Å². The maximum atomic E-state index is 5.64. The van der Waals surface area contributed by atoms with Crippen molar-refractivity contribution in [3.8, 4) is 0 Å². The van der Waals surface area contributed by atoms with E-state index < -0.39 is 0 Å². The topological polar surface area (TPSA) is 21.3 Å². The highest BCUT2D eigenvalue weighted by molar-refractivity contribution is 4.89. The molecule has 0 aromatic rings. The van der Waals surface area contributed by atoms with Gasteiger partial charge in [0, 0.05) is 12.6 Å². The summed E-state index contributed by atoms with van der Waals surface area (Å²) < 4.78 is 5.64. The lowest BCUT2D eigenvalue weighted by Crippen LogP contribution is -2.38. The molecule has 2 unspecified atom stereocenters. The standard InChI is InChI=1S/C14H27NO/c1-14(2)9-3-8-13(14)15-10-4-6-12-7-5-11-16-12/h12-13,15H,3-11H2,1-2H3. The van der Waals surface area contributed by atoms with Crippen LogP contribution < -0.4 is 5.32 Å². The molecule has 1 saturated carbocycles. The van der Waals surface area contributed by atoms with Crippen LogP contribution in [-0.4, -0.2) is 25.3 Å². The van der Waals surface area contributed by atoms with Crippen molar-refractivity contribution in [3.05, 3.63) is 0 Å². The van der Waals surface area contributed by atoms with Crippen LogP contribution >= 0.6 is 0 Å². The van der Waals surface area contributed by atoms with E-state index in [1.807, 2.05) is 0 Å². The minimum Gasteiger partial charge on any atom is -0.378 e. The van der Waals surface area contributed by atoms with Gasteiger partial charge < -0.3 is 10.1 Å². The summed E-state index contributed by atoms with van der Waals surface area (Å²) in [6.07, 6.45) is 9.80. The van der Waals surface area contributed by atoms with E-state index in [0.717, 1.165) is 12.6 Å². The number of hydrogen-bond donors (Lipinski definition) is 1. The van der Waals surface area contributed by atoms with Crippen LogP contribution in [0.1, 0.15) is 58.8 Å². The monoisotopic (exact) mass is 225 g/mol. The van der Waals surface area contributed by atoms with Gasteiger partial charge in [0.05, 0.1) is 6.10 Å². The van der Waals surface area contributed by atoms with Crippen LogP contribution in [0.3, 0.4) is 0 Å². The number of nitrogens with one attached hydrogen (secondary N) is 1. The Kier molecular flexibility index (Phi) is 4.26. The second-order valence-corrected chi connectivity index (χ2v) is 6.16. The van der Waals surface area contributed by atoms with E-state index in [1.165, 1.54) is 51.5 Å². The largest absolute Gasteiger partial charge is 0.378 e. The highest BCUT2D eigenvalue weighted by Gasteiger charge is 2.33. The molecule has 1 heterocycles. The minimum atomic E-state index is 0.518. The van der Waals surface area contributed by atoms with Crippen LogP contribution in [-0.2, 0) is 4.74 Å². The van der Waals surface area contributed by atoms with Crippen LogP contribution in [0.4, 0.5) is 0 Å². The van der Waals surface area contributed by atoms with Gasteiger partial charge in [0.2, 0.25) is 0 Å².